The Morgan fingerprint density at radius 3 is 2.80 bits per heavy atom. The van der Waals surface area contributed by atoms with Crippen molar-refractivity contribution in [3.05, 3.63) is 0 Å². The summed E-state index contributed by atoms with van der Waals surface area (Å²) in [7, 11) is 1.45. The van der Waals surface area contributed by atoms with Crippen molar-refractivity contribution in [2.45, 2.75) is 38.6 Å². The molecule has 20 heavy (non-hydrogen) atoms. The summed E-state index contributed by atoms with van der Waals surface area (Å²) >= 11 is 0. The van der Waals surface area contributed by atoms with Crippen molar-refractivity contribution in [2.75, 3.05) is 20.1 Å². The van der Waals surface area contributed by atoms with E-state index in [9.17, 15) is 14.4 Å². The third-order valence-corrected chi connectivity index (χ3v) is 4.36. The molecule has 2 fully saturated rings. The number of imide groups is 1. The van der Waals surface area contributed by atoms with Crippen LogP contribution in [-0.2, 0) is 14.4 Å². The average Bonchev–Trinajstić information content (AvgIpc) is 2.67. The predicted octanol–water partition coefficient (Wildman–Crippen LogP) is -0.114. The third-order valence-electron chi connectivity index (χ3n) is 4.36. The highest BCUT2D eigenvalue weighted by Gasteiger charge is 2.37. The Labute approximate surface area is 119 Å². The highest BCUT2D eigenvalue weighted by Crippen LogP contribution is 2.22. The van der Waals surface area contributed by atoms with Gasteiger partial charge >= 0.3 is 0 Å². The number of rotatable bonds is 4. The second-order valence-corrected chi connectivity index (χ2v) is 5.90. The Balaban J connectivity index is 1.80. The number of hydrogen-bond acceptors (Lipinski definition) is 4. The van der Waals surface area contributed by atoms with Gasteiger partial charge in [0.1, 0.15) is 6.04 Å². The molecule has 0 aromatic heterocycles. The molecule has 3 atom stereocenters. The second-order valence-electron chi connectivity index (χ2n) is 5.90. The first-order valence-corrected chi connectivity index (χ1v) is 7.29. The van der Waals surface area contributed by atoms with E-state index in [0.717, 1.165) is 30.8 Å². The van der Waals surface area contributed by atoms with Crippen LogP contribution in [0.1, 0.15) is 32.6 Å². The van der Waals surface area contributed by atoms with Gasteiger partial charge in [-0.3, -0.25) is 19.3 Å². The quantitative estimate of drug-likeness (QED) is 0.705. The van der Waals surface area contributed by atoms with Crippen molar-refractivity contribution < 1.29 is 14.4 Å². The maximum absolute atomic E-state index is 12.0. The number of hydrogen-bond donors (Lipinski definition) is 2. The molecule has 2 aliphatic heterocycles. The lowest BCUT2D eigenvalue weighted by atomic mass is 9.85. The van der Waals surface area contributed by atoms with Crippen LogP contribution >= 0.6 is 0 Å². The minimum Gasteiger partial charge on any atom is -0.344 e. The van der Waals surface area contributed by atoms with Gasteiger partial charge < -0.3 is 10.6 Å². The molecule has 2 rings (SSSR count). The van der Waals surface area contributed by atoms with Crippen LogP contribution in [0.15, 0.2) is 0 Å². The van der Waals surface area contributed by atoms with E-state index in [2.05, 4.69) is 17.6 Å². The molecule has 6 heteroatoms. The summed E-state index contributed by atoms with van der Waals surface area (Å²) in [5.41, 5.74) is 0. The summed E-state index contributed by atoms with van der Waals surface area (Å²) in [6, 6.07) is -0.670. The van der Waals surface area contributed by atoms with E-state index in [1.54, 1.807) is 0 Å². The third kappa shape index (κ3) is 3.36. The molecule has 0 aliphatic carbocycles. The molecule has 0 saturated carbocycles. The molecule has 0 aromatic carbocycles. The van der Waals surface area contributed by atoms with Gasteiger partial charge in [0, 0.05) is 13.5 Å². The van der Waals surface area contributed by atoms with Crippen molar-refractivity contribution in [2.24, 2.45) is 11.8 Å². The molecule has 2 aliphatic rings. The highest BCUT2D eigenvalue weighted by molar-refractivity contribution is 6.06. The van der Waals surface area contributed by atoms with E-state index in [4.69, 9.17) is 0 Å². The molecule has 2 saturated heterocycles. The standard InChI is InChI=1S/C14H23N3O3/c1-9(10-4-3-5-15-8-10)6-12(18)16-11-7-13(19)17(2)14(11)20/h9-11,15H,3-8H2,1-2H3,(H,16,18). The summed E-state index contributed by atoms with van der Waals surface area (Å²) in [5.74, 6) is 0.121. The molecule has 0 bridgehead atoms. The maximum atomic E-state index is 12.0. The zero-order valence-corrected chi connectivity index (χ0v) is 12.1. The average molecular weight is 281 g/mol. The van der Waals surface area contributed by atoms with Gasteiger partial charge in [-0.2, -0.15) is 0 Å². The van der Waals surface area contributed by atoms with Gasteiger partial charge in [0.2, 0.25) is 11.8 Å². The van der Waals surface area contributed by atoms with Crippen molar-refractivity contribution in [3.63, 3.8) is 0 Å². The van der Waals surface area contributed by atoms with Crippen molar-refractivity contribution in [1.29, 1.82) is 0 Å². The van der Waals surface area contributed by atoms with Crippen molar-refractivity contribution >= 4 is 17.7 Å². The van der Waals surface area contributed by atoms with E-state index in [1.165, 1.54) is 7.05 Å². The van der Waals surface area contributed by atoms with Crippen LogP contribution in [0.5, 0.6) is 0 Å². The van der Waals surface area contributed by atoms with Crippen LogP contribution in [0, 0.1) is 11.8 Å². The summed E-state index contributed by atoms with van der Waals surface area (Å²) in [5, 5.41) is 6.03. The van der Waals surface area contributed by atoms with Crippen LogP contribution in [0.25, 0.3) is 0 Å². The van der Waals surface area contributed by atoms with Gasteiger partial charge in [-0.1, -0.05) is 6.92 Å². The van der Waals surface area contributed by atoms with Gasteiger partial charge in [0.15, 0.2) is 0 Å². The SMILES string of the molecule is CC(CC(=O)NC1CC(=O)N(C)C1=O)C1CCCNC1. The largest absolute Gasteiger partial charge is 0.344 e. The van der Waals surface area contributed by atoms with E-state index < -0.39 is 6.04 Å². The number of carbonyl (C=O) groups is 3. The normalized spacial score (nSPS) is 28.6. The fourth-order valence-electron chi connectivity index (χ4n) is 2.95. The first-order chi connectivity index (χ1) is 9.49. The van der Waals surface area contributed by atoms with Crippen LogP contribution in [0.4, 0.5) is 0 Å². The Bertz CT molecular complexity index is 404. The molecule has 0 spiro atoms. The van der Waals surface area contributed by atoms with Crippen molar-refractivity contribution in [3.8, 4) is 0 Å². The summed E-state index contributed by atoms with van der Waals surface area (Å²) in [6.45, 7) is 4.09. The zero-order valence-electron chi connectivity index (χ0n) is 12.1. The molecule has 3 amide bonds. The Morgan fingerprint density at radius 2 is 2.25 bits per heavy atom. The molecule has 112 valence electrons. The molecule has 0 aromatic rings. The van der Waals surface area contributed by atoms with Gasteiger partial charge in [-0.25, -0.2) is 0 Å². The number of nitrogens with zero attached hydrogens (tertiary/aromatic N) is 1. The number of likely N-dealkylation sites (tertiary alicyclic amines) is 1. The van der Waals surface area contributed by atoms with Crippen LogP contribution in [0.2, 0.25) is 0 Å². The maximum Gasteiger partial charge on any atom is 0.252 e. The molecule has 2 N–H and O–H groups in total. The monoisotopic (exact) mass is 281 g/mol. The molecule has 0 radical (unpaired) electrons. The van der Waals surface area contributed by atoms with Crippen LogP contribution in [-0.4, -0.2) is 48.8 Å². The Kier molecular flexibility index (Phi) is 4.75. The number of amides is 3. The van der Waals surface area contributed by atoms with Crippen LogP contribution < -0.4 is 10.6 Å². The topological polar surface area (TPSA) is 78.5 Å². The van der Waals surface area contributed by atoms with Gasteiger partial charge in [0.25, 0.3) is 5.91 Å². The van der Waals surface area contributed by atoms with Gasteiger partial charge in [0.05, 0.1) is 6.42 Å². The molecule has 2 heterocycles. The minimum absolute atomic E-state index is 0.0838. The molecular formula is C14H23N3O3. The number of carbonyl (C=O) groups excluding carboxylic acids is 3. The number of likely N-dealkylation sites (N-methyl/N-ethyl adjacent to an activating group) is 1. The summed E-state index contributed by atoms with van der Waals surface area (Å²) in [6.07, 6.45) is 2.79. The lowest BCUT2D eigenvalue weighted by Gasteiger charge is -2.28. The number of nitrogens with one attached hydrogen (secondary N) is 2. The summed E-state index contributed by atoms with van der Waals surface area (Å²) < 4.78 is 0. The van der Waals surface area contributed by atoms with Crippen molar-refractivity contribution in [1.82, 2.24) is 15.5 Å². The molecular weight excluding hydrogens is 258 g/mol. The second kappa shape index (κ2) is 6.35. The minimum atomic E-state index is -0.670. The fourth-order valence-corrected chi connectivity index (χ4v) is 2.95. The predicted molar refractivity (Wildman–Crippen MR) is 73.7 cm³/mol. The molecule has 6 nitrogen and oxygen atoms in total. The lowest BCUT2D eigenvalue weighted by Crippen LogP contribution is -2.42. The lowest BCUT2D eigenvalue weighted by molar-refractivity contribution is -0.138. The van der Waals surface area contributed by atoms with E-state index in [1.807, 2.05) is 0 Å². The fraction of sp³-hybridized carbons (Fsp3) is 0.786. The van der Waals surface area contributed by atoms with Crippen LogP contribution in [0.3, 0.4) is 0 Å². The smallest absolute Gasteiger partial charge is 0.252 e. The first-order valence-electron chi connectivity index (χ1n) is 7.29. The van der Waals surface area contributed by atoms with Gasteiger partial charge in [-0.15, -0.1) is 0 Å². The number of piperidine rings is 1. The van der Waals surface area contributed by atoms with E-state index in [0.29, 0.717) is 12.3 Å². The zero-order chi connectivity index (χ0) is 14.7. The first kappa shape index (κ1) is 15.0. The molecule has 3 unspecified atom stereocenters. The Morgan fingerprint density at radius 1 is 1.50 bits per heavy atom. The van der Waals surface area contributed by atoms with Gasteiger partial charge in [-0.05, 0) is 37.8 Å². The van der Waals surface area contributed by atoms with E-state index >= 15 is 0 Å². The highest BCUT2D eigenvalue weighted by atomic mass is 16.2. The van der Waals surface area contributed by atoms with E-state index in [-0.39, 0.29) is 30.1 Å². The summed E-state index contributed by atoms with van der Waals surface area (Å²) in [4.78, 5) is 36.2. The Hall–Kier alpha value is -1.43.